The number of carbonyl (C=O) groups is 2. The minimum Gasteiger partial charge on any atom is -0.354 e. The third-order valence-electron chi connectivity index (χ3n) is 4.78. The average molecular weight is 447 g/mol. The summed E-state index contributed by atoms with van der Waals surface area (Å²) in [6.07, 6.45) is 1.43. The van der Waals surface area contributed by atoms with Gasteiger partial charge in [0, 0.05) is 23.9 Å². The van der Waals surface area contributed by atoms with Crippen molar-refractivity contribution in [2.45, 2.75) is 52.0 Å². The molecule has 0 aliphatic carbocycles. The SMILES string of the molecule is CCCNC(=O)[C@@H](CC)N(Cc1ccc(Cl)cc1)C(=O)CSCc1cccc(C)c1. The Balaban J connectivity index is 2.10. The Bertz CT molecular complexity index is 826. The van der Waals surface area contributed by atoms with Crippen molar-refractivity contribution in [3.63, 3.8) is 0 Å². The van der Waals surface area contributed by atoms with Crippen LogP contribution >= 0.6 is 23.4 Å². The summed E-state index contributed by atoms with van der Waals surface area (Å²) < 4.78 is 0. The molecule has 0 fully saturated rings. The van der Waals surface area contributed by atoms with E-state index in [1.54, 1.807) is 16.7 Å². The molecule has 0 saturated heterocycles. The molecule has 0 spiro atoms. The Kier molecular flexibility index (Phi) is 10.2. The van der Waals surface area contributed by atoms with Gasteiger partial charge in [-0.15, -0.1) is 11.8 Å². The first-order chi connectivity index (χ1) is 14.4. The zero-order chi connectivity index (χ0) is 21.9. The summed E-state index contributed by atoms with van der Waals surface area (Å²) in [6.45, 7) is 7.02. The number of hydrogen-bond acceptors (Lipinski definition) is 3. The van der Waals surface area contributed by atoms with Gasteiger partial charge < -0.3 is 10.2 Å². The van der Waals surface area contributed by atoms with Crippen LogP contribution in [0.2, 0.25) is 5.02 Å². The van der Waals surface area contributed by atoms with E-state index in [0.29, 0.717) is 30.3 Å². The first kappa shape index (κ1) is 24.3. The molecule has 0 heterocycles. The minimum absolute atomic E-state index is 0.0268. The van der Waals surface area contributed by atoms with Crippen molar-refractivity contribution in [1.29, 1.82) is 0 Å². The molecule has 30 heavy (non-hydrogen) atoms. The molecule has 2 aromatic carbocycles. The summed E-state index contributed by atoms with van der Waals surface area (Å²) in [5.41, 5.74) is 3.37. The molecule has 2 amide bonds. The Morgan fingerprint density at radius 2 is 1.83 bits per heavy atom. The Labute approximate surface area is 189 Å². The standard InChI is InChI=1S/C24H31ClN2O2S/c1-4-13-26-24(29)22(5-2)27(15-19-9-11-21(25)12-10-19)23(28)17-30-16-20-8-6-7-18(3)14-20/h6-12,14,22H,4-5,13,15-17H2,1-3H3,(H,26,29)/t22-/m1/s1. The van der Waals surface area contributed by atoms with Crippen molar-refractivity contribution in [2.75, 3.05) is 12.3 Å². The fraction of sp³-hybridized carbons (Fsp3) is 0.417. The Morgan fingerprint density at radius 3 is 2.47 bits per heavy atom. The maximum Gasteiger partial charge on any atom is 0.242 e. The van der Waals surface area contributed by atoms with Crippen LogP contribution in [0.1, 0.15) is 43.4 Å². The number of carbonyl (C=O) groups excluding carboxylic acids is 2. The van der Waals surface area contributed by atoms with E-state index in [4.69, 9.17) is 11.6 Å². The van der Waals surface area contributed by atoms with Crippen LogP contribution in [-0.2, 0) is 21.9 Å². The molecule has 6 heteroatoms. The number of aryl methyl sites for hydroxylation is 1. The third kappa shape index (κ3) is 7.69. The van der Waals surface area contributed by atoms with Gasteiger partial charge in [-0.05, 0) is 43.0 Å². The van der Waals surface area contributed by atoms with Crippen LogP contribution in [0.15, 0.2) is 48.5 Å². The second-order valence-electron chi connectivity index (χ2n) is 7.35. The van der Waals surface area contributed by atoms with Gasteiger partial charge in [-0.3, -0.25) is 9.59 Å². The van der Waals surface area contributed by atoms with Crippen LogP contribution in [0.25, 0.3) is 0 Å². The molecule has 0 aromatic heterocycles. The lowest BCUT2D eigenvalue weighted by molar-refractivity contribution is -0.139. The molecule has 1 N–H and O–H groups in total. The molecule has 2 rings (SSSR count). The van der Waals surface area contributed by atoms with Crippen molar-refractivity contribution in [2.24, 2.45) is 0 Å². The second-order valence-corrected chi connectivity index (χ2v) is 8.77. The van der Waals surface area contributed by atoms with Crippen molar-refractivity contribution in [3.8, 4) is 0 Å². The average Bonchev–Trinajstić information content (AvgIpc) is 2.73. The highest BCUT2D eigenvalue weighted by Gasteiger charge is 2.28. The molecule has 2 aromatic rings. The van der Waals surface area contributed by atoms with Gasteiger partial charge in [-0.25, -0.2) is 0 Å². The number of thioether (sulfide) groups is 1. The minimum atomic E-state index is -0.487. The van der Waals surface area contributed by atoms with Crippen molar-refractivity contribution >= 4 is 35.2 Å². The smallest absolute Gasteiger partial charge is 0.242 e. The first-order valence-electron chi connectivity index (χ1n) is 10.4. The summed E-state index contributed by atoms with van der Waals surface area (Å²) in [5, 5.41) is 3.59. The monoisotopic (exact) mass is 446 g/mol. The fourth-order valence-electron chi connectivity index (χ4n) is 3.21. The highest BCUT2D eigenvalue weighted by atomic mass is 35.5. The predicted octanol–water partition coefficient (Wildman–Crippen LogP) is 5.22. The topological polar surface area (TPSA) is 49.4 Å². The lowest BCUT2D eigenvalue weighted by Crippen LogP contribution is -2.49. The number of hydrogen-bond donors (Lipinski definition) is 1. The molecular formula is C24H31ClN2O2S. The van der Waals surface area contributed by atoms with E-state index in [1.807, 2.05) is 44.2 Å². The van der Waals surface area contributed by atoms with Gasteiger partial charge in [0.05, 0.1) is 5.75 Å². The summed E-state index contributed by atoms with van der Waals surface area (Å²) in [7, 11) is 0. The number of nitrogens with zero attached hydrogens (tertiary/aromatic N) is 1. The van der Waals surface area contributed by atoms with Crippen LogP contribution in [0.3, 0.4) is 0 Å². The van der Waals surface area contributed by atoms with Gasteiger partial charge in [0.1, 0.15) is 6.04 Å². The van der Waals surface area contributed by atoms with E-state index in [9.17, 15) is 9.59 Å². The number of benzene rings is 2. The lowest BCUT2D eigenvalue weighted by atomic mass is 10.1. The summed E-state index contributed by atoms with van der Waals surface area (Å²) in [4.78, 5) is 27.6. The molecule has 0 radical (unpaired) electrons. The summed E-state index contributed by atoms with van der Waals surface area (Å²) in [5.74, 6) is 0.978. The first-order valence-corrected chi connectivity index (χ1v) is 11.9. The van der Waals surface area contributed by atoms with E-state index >= 15 is 0 Å². The van der Waals surface area contributed by atoms with E-state index in [-0.39, 0.29) is 11.8 Å². The van der Waals surface area contributed by atoms with Crippen LogP contribution < -0.4 is 5.32 Å². The van der Waals surface area contributed by atoms with Gasteiger partial charge in [-0.1, -0.05) is 67.4 Å². The van der Waals surface area contributed by atoms with Gasteiger partial charge in [0.2, 0.25) is 11.8 Å². The number of amides is 2. The molecule has 0 bridgehead atoms. The predicted molar refractivity (Wildman–Crippen MR) is 127 cm³/mol. The van der Waals surface area contributed by atoms with Crippen LogP contribution in [0.4, 0.5) is 0 Å². The normalized spacial score (nSPS) is 11.7. The summed E-state index contributed by atoms with van der Waals surface area (Å²) >= 11 is 7.58. The van der Waals surface area contributed by atoms with Crippen molar-refractivity contribution < 1.29 is 9.59 Å². The highest BCUT2D eigenvalue weighted by molar-refractivity contribution is 7.99. The number of halogens is 1. The third-order valence-corrected chi connectivity index (χ3v) is 6.02. The van der Waals surface area contributed by atoms with E-state index in [1.165, 1.54) is 11.1 Å². The van der Waals surface area contributed by atoms with E-state index in [2.05, 4.69) is 30.4 Å². The molecule has 4 nitrogen and oxygen atoms in total. The zero-order valence-electron chi connectivity index (χ0n) is 18.0. The van der Waals surface area contributed by atoms with Gasteiger partial charge >= 0.3 is 0 Å². The van der Waals surface area contributed by atoms with E-state index in [0.717, 1.165) is 17.7 Å². The maximum absolute atomic E-state index is 13.1. The summed E-state index contributed by atoms with van der Waals surface area (Å²) in [6, 6.07) is 15.2. The molecular weight excluding hydrogens is 416 g/mol. The fourth-order valence-corrected chi connectivity index (χ4v) is 4.20. The Hall–Kier alpha value is -1.98. The quantitative estimate of drug-likeness (QED) is 0.515. The lowest BCUT2D eigenvalue weighted by Gasteiger charge is -2.30. The largest absolute Gasteiger partial charge is 0.354 e. The molecule has 0 unspecified atom stereocenters. The number of nitrogens with one attached hydrogen (secondary N) is 1. The van der Waals surface area contributed by atoms with Gasteiger partial charge in [-0.2, -0.15) is 0 Å². The molecule has 162 valence electrons. The zero-order valence-corrected chi connectivity index (χ0v) is 19.6. The van der Waals surface area contributed by atoms with Crippen LogP contribution in [0.5, 0.6) is 0 Å². The van der Waals surface area contributed by atoms with Gasteiger partial charge in [0.15, 0.2) is 0 Å². The highest BCUT2D eigenvalue weighted by Crippen LogP contribution is 2.19. The van der Waals surface area contributed by atoms with E-state index < -0.39 is 6.04 Å². The Morgan fingerprint density at radius 1 is 1.10 bits per heavy atom. The molecule has 0 aliphatic rings. The second kappa shape index (κ2) is 12.7. The van der Waals surface area contributed by atoms with Crippen LogP contribution in [0, 0.1) is 6.92 Å². The van der Waals surface area contributed by atoms with Crippen LogP contribution in [-0.4, -0.2) is 35.1 Å². The maximum atomic E-state index is 13.1. The molecule has 0 saturated carbocycles. The van der Waals surface area contributed by atoms with Crippen molar-refractivity contribution in [3.05, 3.63) is 70.2 Å². The van der Waals surface area contributed by atoms with Crippen molar-refractivity contribution in [1.82, 2.24) is 10.2 Å². The van der Waals surface area contributed by atoms with Gasteiger partial charge in [0.25, 0.3) is 0 Å². The number of rotatable bonds is 11. The molecule has 0 aliphatic heterocycles. The molecule has 1 atom stereocenters.